The van der Waals surface area contributed by atoms with Gasteiger partial charge in [-0.25, -0.2) is 15.6 Å². The molecule has 0 bridgehead atoms. The third kappa shape index (κ3) is 2.43. The standard InChI is InChI=1S/C13H17N5O3/c14-17-10-3-1-2-9(15-10)8-18-11(19)13(16-12(18)20)4-6-21-7-5-13/h1-3H,4-8,14H2,(H,15,17)(H,16,20). The number of anilines is 1. The third-order valence-corrected chi connectivity index (χ3v) is 3.87. The predicted molar refractivity (Wildman–Crippen MR) is 73.9 cm³/mol. The molecule has 3 rings (SSSR count). The van der Waals surface area contributed by atoms with Gasteiger partial charge < -0.3 is 15.5 Å². The first-order chi connectivity index (χ1) is 10.1. The summed E-state index contributed by atoms with van der Waals surface area (Å²) in [5.41, 5.74) is 2.23. The number of rotatable bonds is 3. The number of carbonyl (C=O) groups excluding carboxylic acids is 2. The van der Waals surface area contributed by atoms with Crippen LogP contribution >= 0.6 is 0 Å². The number of urea groups is 1. The highest BCUT2D eigenvalue weighted by Gasteiger charge is 2.51. The summed E-state index contributed by atoms with van der Waals surface area (Å²) in [6.07, 6.45) is 1.01. The number of imide groups is 1. The Labute approximate surface area is 121 Å². The molecular formula is C13H17N5O3. The molecule has 0 saturated carbocycles. The van der Waals surface area contributed by atoms with Crippen molar-refractivity contribution in [2.24, 2.45) is 5.84 Å². The summed E-state index contributed by atoms with van der Waals surface area (Å²) < 4.78 is 5.27. The lowest BCUT2D eigenvalue weighted by Crippen LogP contribution is -2.51. The number of nitrogens with zero attached hydrogens (tertiary/aromatic N) is 2. The van der Waals surface area contributed by atoms with Crippen molar-refractivity contribution in [2.45, 2.75) is 24.9 Å². The molecule has 21 heavy (non-hydrogen) atoms. The van der Waals surface area contributed by atoms with Crippen LogP contribution in [0, 0.1) is 0 Å². The van der Waals surface area contributed by atoms with Crippen LogP contribution in [0.25, 0.3) is 0 Å². The molecule has 0 aromatic carbocycles. The number of hydrogen-bond acceptors (Lipinski definition) is 6. The normalized spacial score (nSPS) is 20.7. The molecule has 8 nitrogen and oxygen atoms in total. The van der Waals surface area contributed by atoms with Crippen molar-refractivity contribution in [1.82, 2.24) is 15.2 Å². The van der Waals surface area contributed by atoms with E-state index in [1.165, 1.54) is 4.90 Å². The Morgan fingerprint density at radius 3 is 2.86 bits per heavy atom. The lowest BCUT2D eigenvalue weighted by molar-refractivity contribution is -0.134. The van der Waals surface area contributed by atoms with Crippen molar-refractivity contribution in [3.8, 4) is 0 Å². The van der Waals surface area contributed by atoms with E-state index in [0.29, 0.717) is 37.6 Å². The molecule has 0 unspecified atom stereocenters. The van der Waals surface area contributed by atoms with Crippen LogP contribution in [0.4, 0.5) is 10.6 Å². The number of nitrogens with one attached hydrogen (secondary N) is 2. The number of hydrogen-bond donors (Lipinski definition) is 3. The predicted octanol–water partition coefficient (Wildman–Crippen LogP) is -0.0318. The van der Waals surface area contributed by atoms with E-state index in [1.807, 2.05) is 0 Å². The maximum absolute atomic E-state index is 12.6. The van der Waals surface area contributed by atoms with Gasteiger partial charge in [0.15, 0.2) is 0 Å². The zero-order valence-corrected chi connectivity index (χ0v) is 11.5. The first-order valence-corrected chi connectivity index (χ1v) is 6.79. The van der Waals surface area contributed by atoms with E-state index >= 15 is 0 Å². The number of hydrazine groups is 1. The van der Waals surface area contributed by atoms with Crippen molar-refractivity contribution in [1.29, 1.82) is 0 Å². The van der Waals surface area contributed by atoms with Gasteiger partial charge in [-0.2, -0.15) is 0 Å². The Balaban J connectivity index is 1.79. The molecule has 1 aromatic rings. The second-order valence-electron chi connectivity index (χ2n) is 5.17. The Hall–Kier alpha value is -2.19. The minimum Gasteiger partial charge on any atom is -0.381 e. The van der Waals surface area contributed by atoms with Crippen LogP contribution in [-0.4, -0.2) is 40.6 Å². The summed E-state index contributed by atoms with van der Waals surface area (Å²) in [5.74, 6) is 5.59. The van der Waals surface area contributed by atoms with Crippen molar-refractivity contribution < 1.29 is 14.3 Å². The van der Waals surface area contributed by atoms with Crippen LogP contribution in [0.5, 0.6) is 0 Å². The summed E-state index contributed by atoms with van der Waals surface area (Å²) in [6.45, 7) is 1.08. The van der Waals surface area contributed by atoms with Gasteiger partial charge in [-0.1, -0.05) is 6.07 Å². The van der Waals surface area contributed by atoms with Crippen LogP contribution in [0.2, 0.25) is 0 Å². The number of ether oxygens (including phenoxy) is 1. The van der Waals surface area contributed by atoms with Crippen LogP contribution in [0.3, 0.4) is 0 Å². The lowest BCUT2D eigenvalue weighted by atomic mass is 9.90. The molecule has 0 aliphatic carbocycles. The number of nitrogen functional groups attached to an aromatic ring is 1. The van der Waals surface area contributed by atoms with E-state index in [1.54, 1.807) is 18.2 Å². The number of nitrogens with two attached hydrogens (primary N) is 1. The molecule has 8 heteroatoms. The molecule has 1 spiro atoms. The lowest BCUT2D eigenvalue weighted by Gasteiger charge is -2.30. The van der Waals surface area contributed by atoms with Gasteiger partial charge >= 0.3 is 6.03 Å². The molecule has 3 amide bonds. The molecule has 3 heterocycles. The third-order valence-electron chi connectivity index (χ3n) is 3.87. The van der Waals surface area contributed by atoms with Gasteiger partial charge in [0.1, 0.15) is 11.4 Å². The fourth-order valence-electron chi connectivity index (χ4n) is 2.69. The molecule has 2 fully saturated rings. The van der Waals surface area contributed by atoms with Crippen molar-refractivity contribution in [2.75, 3.05) is 18.6 Å². The van der Waals surface area contributed by atoms with Gasteiger partial charge in [0.2, 0.25) is 0 Å². The molecule has 112 valence electrons. The number of carbonyl (C=O) groups is 2. The van der Waals surface area contributed by atoms with Gasteiger partial charge in [0.25, 0.3) is 5.91 Å². The Kier molecular flexibility index (Phi) is 3.48. The van der Waals surface area contributed by atoms with E-state index in [-0.39, 0.29) is 18.5 Å². The van der Waals surface area contributed by atoms with Crippen LogP contribution in [0.15, 0.2) is 18.2 Å². The van der Waals surface area contributed by atoms with E-state index in [2.05, 4.69) is 15.7 Å². The van der Waals surface area contributed by atoms with Crippen LogP contribution in [0.1, 0.15) is 18.5 Å². The maximum Gasteiger partial charge on any atom is 0.325 e. The van der Waals surface area contributed by atoms with E-state index < -0.39 is 5.54 Å². The summed E-state index contributed by atoms with van der Waals surface area (Å²) >= 11 is 0. The maximum atomic E-state index is 12.6. The van der Waals surface area contributed by atoms with Crippen molar-refractivity contribution >= 4 is 17.8 Å². The quantitative estimate of drug-likeness (QED) is 0.410. The highest BCUT2D eigenvalue weighted by atomic mass is 16.5. The van der Waals surface area contributed by atoms with Crippen LogP contribution < -0.4 is 16.6 Å². The summed E-state index contributed by atoms with van der Waals surface area (Å²) in [6, 6.07) is 4.83. The van der Waals surface area contributed by atoms with Gasteiger partial charge in [0.05, 0.1) is 12.2 Å². The minimum atomic E-state index is -0.806. The fraction of sp³-hybridized carbons (Fsp3) is 0.462. The largest absolute Gasteiger partial charge is 0.381 e. The molecule has 4 N–H and O–H groups in total. The first kappa shape index (κ1) is 13.8. The highest BCUT2D eigenvalue weighted by Crippen LogP contribution is 2.29. The Bertz CT molecular complexity index is 571. The number of pyridine rings is 1. The molecule has 1 aromatic heterocycles. The average Bonchev–Trinajstić information content (AvgIpc) is 2.73. The SMILES string of the molecule is NNc1cccc(CN2C(=O)NC3(CCOCC3)C2=O)n1. The Morgan fingerprint density at radius 1 is 1.38 bits per heavy atom. The zero-order chi connectivity index (χ0) is 14.9. The summed E-state index contributed by atoms with van der Waals surface area (Å²) in [4.78, 5) is 30.1. The molecule has 2 saturated heterocycles. The molecule has 0 radical (unpaired) electrons. The smallest absolute Gasteiger partial charge is 0.325 e. The molecule has 0 atom stereocenters. The molecule has 2 aliphatic rings. The van der Waals surface area contributed by atoms with Gasteiger partial charge in [-0.15, -0.1) is 0 Å². The second-order valence-corrected chi connectivity index (χ2v) is 5.17. The first-order valence-electron chi connectivity index (χ1n) is 6.79. The van der Waals surface area contributed by atoms with E-state index in [9.17, 15) is 9.59 Å². The summed E-state index contributed by atoms with van der Waals surface area (Å²) in [7, 11) is 0. The van der Waals surface area contributed by atoms with E-state index in [4.69, 9.17) is 10.6 Å². The highest BCUT2D eigenvalue weighted by molar-refractivity contribution is 6.07. The monoisotopic (exact) mass is 291 g/mol. The molecular weight excluding hydrogens is 274 g/mol. The van der Waals surface area contributed by atoms with Gasteiger partial charge in [-0.05, 0) is 12.1 Å². The number of amides is 3. The molecule has 2 aliphatic heterocycles. The fourth-order valence-corrected chi connectivity index (χ4v) is 2.69. The second kappa shape index (κ2) is 5.30. The average molecular weight is 291 g/mol. The van der Waals surface area contributed by atoms with Gasteiger partial charge in [-0.3, -0.25) is 9.69 Å². The van der Waals surface area contributed by atoms with Gasteiger partial charge in [0, 0.05) is 26.1 Å². The number of aromatic nitrogens is 1. The zero-order valence-electron chi connectivity index (χ0n) is 11.5. The topological polar surface area (TPSA) is 110 Å². The Morgan fingerprint density at radius 2 is 2.14 bits per heavy atom. The van der Waals surface area contributed by atoms with Crippen LogP contribution in [-0.2, 0) is 16.1 Å². The van der Waals surface area contributed by atoms with E-state index in [0.717, 1.165) is 0 Å². The van der Waals surface area contributed by atoms with Crippen molar-refractivity contribution in [3.63, 3.8) is 0 Å². The minimum absolute atomic E-state index is 0.128. The summed E-state index contributed by atoms with van der Waals surface area (Å²) in [5, 5.41) is 2.81. The van der Waals surface area contributed by atoms with Crippen molar-refractivity contribution in [3.05, 3.63) is 23.9 Å².